The van der Waals surface area contributed by atoms with E-state index >= 15 is 0 Å². The first-order valence-electron chi connectivity index (χ1n) is 5.83. The summed E-state index contributed by atoms with van der Waals surface area (Å²) in [6, 6.07) is 14.2. The predicted octanol–water partition coefficient (Wildman–Crippen LogP) is 3.88. The average molecular weight is 224 g/mol. The zero-order valence-corrected chi connectivity index (χ0v) is 10.2. The molecule has 2 rings (SSSR count). The van der Waals surface area contributed by atoms with E-state index in [0.717, 1.165) is 11.1 Å². The summed E-state index contributed by atoms with van der Waals surface area (Å²) in [4.78, 5) is 0. The molecule has 1 heteroatoms. The molecule has 1 unspecified atom stereocenters. The van der Waals surface area contributed by atoms with Crippen LogP contribution in [0.1, 0.15) is 13.8 Å². The lowest BCUT2D eigenvalue weighted by atomic mass is 10.1. The van der Waals surface area contributed by atoms with E-state index in [9.17, 15) is 0 Å². The summed E-state index contributed by atoms with van der Waals surface area (Å²) >= 11 is 0. The molecule has 1 atom stereocenters. The number of benzene rings is 2. The van der Waals surface area contributed by atoms with Crippen LogP contribution in [0.4, 0.5) is 0 Å². The van der Waals surface area contributed by atoms with Gasteiger partial charge in [0.1, 0.15) is 5.75 Å². The number of hydrogen-bond donors (Lipinski definition) is 0. The first-order valence-corrected chi connectivity index (χ1v) is 5.83. The molecule has 0 aliphatic heterocycles. The summed E-state index contributed by atoms with van der Waals surface area (Å²) in [5.74, 6) is 3.86. The van der Waals surface area contributed by atoms with Gasteiger partial charge >= 0.3 is 0 Å². The minimum absolute atomic E-state index is 0.180. The zero-order chi connectivity index (χ0) is 12.3. The standard InChI is InChI=1S/C16H16O/c1-4-15(12(2)3)17-16-11-7-9-13-8-5-6-10-14(13)16/h1,5-12,15H,2-3H3. The van der Waals surface area contributed by atoms with Gasteiger partial charge in [-0.15, -0.1) is 6.42 Å². The van der Waals surface area contributed by atoms with Gasteiger partial charge in [0.15, 0.2) is 6.10 Å². The van der Waals surface area contributed by atoms with E-state index in [1.54, 1.807) is 0 Å². The molecule has 0 saturated carbocycles. The number of fused-ring (bicyclic) bond motifs is 1. The Morgan fingerprint density at radius 1 is 1.06 bits per heavy atom. The van der Waals surface area contributed by atoms with Gasteiger partial charge in [-0.25, -0.2) is 0 Å². The second-order valence-electron chi connectivity index (χ2n) is 4.43. The third kappa shape index (κ3) is 2.42. The van der Waals surface area contributed by atoms with Crippen molar-refractivity contribution in [3.05, 3.63) is 42.5 Å². The molecule has 86 valence electrons. The van der Waals surface area contributed by atoms with Gasteiger partial charge in [0, 0.05) is 11.3 Å². The molecule has 0 N–H and O–H groups in total. The van der Waals surface area contributed by atoms with Crippen molar-refractivity contribution in [1.82, 2.24) is 0 Å². The fourth-order valence-electron chi connectivity index (χ4n) is 1.80. The van der Waals surface area contributed by atoms with E-state index in [1.165, 1.54) is 5.39 Å². The summed E-state index contributed by atoms with van der Waals surface area (Å²) in [5, 5.41) is 2.28. The van der Waals surface area contributed by atoms with E-state index < -0.39 is 0 Å². The molecule has 0 aliphatic carbocycles. The topological polar surface area (TPSA) is 9.23 Å². The minimum atomic E-state index is -0.180. The smallest absolute Gasteiger partial charge is 0.161 e. The molecule has 0 aliphatic rings. The Balaban J connectivity index is 2.39. The fraction of sp³-hybridized carbons (Fsp3) is 0.250. The monoisotopic (exact) mass is 224 g/mol. The maximum absolute atomic E-state index is 5.90. The Labute approximate surface area is 102 Å². The molecule has 0 spiro atoms. The summed E-state index contributed by atoms with van der Waals surface area (Å²) < 4.78 is 5.90. The van der Waals surface area contributed by atoms with Gasteiger partial charge < -0.3 is 4.74 Å². The van der Waals surface area contributed by atoms with Crippen LogP contribution in [-0.4, -0.2) is 6.10 Å². The Morgan fingerprint density at radius 2 is 1.76 bits per heavy atom. The summed E-state index contributed by atoms with van der Waals surface area (Å²) in [7, 11) is 0. The molecule has 17 heavy (non-hydrogen) atoms. The zero-order valence-electron chi connectivity index (χ0n) is 10.2. The van der Waals surface area contributed by atoms with Gasteiger partial charge in [0.25, 0.3) is 0 Å². The second kappa shape index (κ2) is 4.93. The number of terminal acetylenes is 1. The van der Waals surface area contributed by atoms with E-state index in [2.05, 4.69) is 38.0 Å². The van der Waals surface area contributed by atoms with E-state index in [-0.39, 0.29) is 6.10 Å². The predicted molar refractivity (Wildman–Crippen MR) is 72.0 cm³/mol. The lowest BCUT2D eigenvalue weighted by Gasteiger charge is -2.18. The van der Waals surface area contributed by atoms with Crippen molar-refractivity contribution < 1.29 is 4.74 Å². The summed E-state index contributed by atoms with van der Waals surface area (Å²) in [6.07, 6.45) is 5.31. The Bertz CT molecular complexity index is 543. The maximum Gasteiger partial charge on any atom is 0.161 e. The van der Waals surface area contributed by atoms with Gasteiger partial charge in [-0.1, -0.05) is 56.2 Å². The van der Waals surface area contributed by atoms with Crippen molar-refractivity contribution in [2.45, 2.75) is 20.0 Å². The third-order valence-corrected chi connectivity index (χ3v) is 2.77. The highest BCUT2D eigenvalue weighted by atomic mass is 16.5. The second-order valence-corrected chi connectivity index (χ2v) is 4.43. The van der Waals surface area contributed by atoms with Gasteiger partial charge in [-0.05, 0) is 11.5 Å². The largest absolute Gasteiger partial charge is 0.477 e. The molecule has 2 aromatic carbocycles. The highest BCUT2D eigenvalue weighted by Crippen LogP contribution is 2.26. The molecule has 1 nitrogen and oxygen atoms in total. The van der Waals surface area contributed by atoms with Crippen LogP contribution in [0.2, 0.25) is 0 Å². The van der Waals surface area contributed by atoms with Gasteiger partial charge in [0.05, 0.1) is 0 Å². The molecular formula is C16H16O. The van der Waals surface area contributed by atoms with Crippen LogP contribution >= 0.6 is 0 Å². The fourth-order valence-corrected chi connectivity index (χ4v) is 1.80. The molecule has 0 amide bonds. The average Bonchev–Trinajstić information content (AvgIpc) is 2.35. The highest BCUT2D eigenvalue weighted by molar-refractivity contribution is 5.88. The Hall–Kier alpha value is -1.94. The van der Waals surface area contributed by atoms with Crippen LogP contribution in [0.3, 0.4) is 0 Å². The van der Waals surface area contributed by atoms with Crippen LogP contribution < -0.4 is 4.74 Å². The maximum atomic E-state index is 5.90. The third-order valence-electron chi connectivity index (χ3n) is 2.77. The van der Waals surface area contributed by atoms with Crippen LogP contribution in [0.15, 0.2) is 42.5 Å². The quantitative estimate of drug-likeness (QED) is 0.719. The number of hydrogen-bond acceptors (Lipinski definition) is 1. The van der Waals surface area contributed by atoms with Crippen molar-refractivity contribution >= 4 is 10.8 Å². The van der Waals surface area contributed by atoms with Gasteiger partial charge in [0.2, 0.25) is 0 Å². The van der Waals surface area contributed by atoms with E-state index in [1.807, 2.05) is 24.3 Å². The van der Waals surface area contributed by atoms with Gasteiger partial charge in [-0.2, -0.15) is 0 Å². The minimum Gasteiger partial charge on any atom is -0.477 e. The lowest BCUT2D eigenvalue weighted by Crippen LogP contribution is -2.20. The molecule has 0 aromatic heterocycles. The van der Waals surface area contributed by atoms with Crippen molar-refractivity contribution in [3.8, 4) is 18.1 Å². The summed E-state index contributed by atoms with van der Waals surface area (Å²) in [6.45, 7) is 4.13. The molecular weight excluding hydrogens is 208 g/mol. The molecule has 2 aromatic rings. The van der Waals surface area contributed by atoms with Crippen molar-refractivity contribution in [1.29, 1.82) is 0 Å². The number of ether oxygens (including phenoxy) is 1. The first-order chi connectivity index (χ1) is 8.22. The Morgan fingerprint density at radius 3 is 2.47 bits per heavy atom. The van der Waals surface area contributed by atoms with Crippen LogP contribution in [0.25, 0.3) is 10.8 Å². The van der Waals surface area contributed by atoms with Crippen LogP contribution in [0.5, 0.6) is 5.75 Å². The molecule has 0 saturated heterocycles. The normalized spacial score (nSPS) is 12.4. The lowest BCUT2D eigenvalue weighted by molar-refractivity contribution is 0.209. The highest BCUT2D eigenvalue weighted by Gasteiger charge is 2.12. The van der Waals surface area contributed by atoms with E-state index in [4.69, 9.17) is 11.2 Å². The van der Waals surface area contributed by atoms with Crippen molar-refractivity contribution in [2.75, 3.05) is 0 Å². The van der Waals surface area contributed by atoms with Crippen molar-refractivity contribution in [3.63, 3.8) is 0 Å². The van der Waals surface area contributed by atoms with Gasteiger partial charge in [-0.3, -0.25) is 0 Å². The number of rotatable bonds is 3. The Kier molecular flexibility index (Phi) is 3.35. The van der Waals surface area contributed by atoms with Crippen LogP contribution in [0, 0.1) is 18.3 Å². The van der Waals surface area contributed by atoms with E-state index in [0.29, 0.717) is 5.92 Å². The molecule has 0 radical (unpaired) electrons. The molecule has 0 fully saturated rings. The molecule has 0 bridgehead atoms. The first kappa shape index (κ1) is 11.5. The summed E-state index contributed by atoms with van der Waals surface area (Å²) in [5.41, 5.74) is 0. The van der Waals surface area contributed by atoms with Crippen LogP contribution in [-0.2, 0) is 0 Å². The SMILES string of the molecule is C#CC(Oc1cccc2ccccc12)C(C)C. The van der Waals surface area contributed by atoms with Crippen molar-refractivity contribution in [2.24, 2.45) is 5.92 Å². The molecule has 0 heterocycles.